The highest BCUT2D eigenvalue weighted by Crippen LogP contribution is 2.29. The van der Waals surface area contributed by atoms with Gasteiger partial charge in [-0.1, -0.05) is 57.9 Å². The third kappa shape index (κ3) is 8.38. The number of nitrogens with zero attached hydrogens (tertiary/aromatic N) is 2. The predicted octanol–water partition coefficient (Wildman–Crippen LogP) is 8.65. The fourth-order valence-corrected chi connectivity index (χ4v) is 4.44. The zero-order valence-corrected chi connectivity index (χ0v) is 24.7. The average Bonchev–Trinajstić information content (AvgIpc) is 2.87. The number of nitro benzene ring substituents is 2. The second-order valence-corrected chi connectivity index (χ2v) is 10.4. The second-order valence-electron chi connectivity index (χ2n) is 9.51. The van der Waals surface area contributed by atoms with Gasteiger partial charge in [-0.3, -0.25) is 20.2 Å². The lowest BCUT2D eigenvalue weighted by molar-refractivity contribution is -0.386. The third-order valence-corrected chi connectivity index (χ3v) is 6.67. The molecule has 0 unspecified atom stereocenters. The number of hydrogen-bond acceptors (Lipinski definition) is 6. The Morgan fingerprint density at radius 2 is 0.925 bits per heavy atom. The number of nitro groups is 2. The number of hydrogen-bond donors (Lipinski definition) is 0. The van der Waals surface area contributed by atoms with Gasteiger partial charge in [-0.2, -0.15) is 0 Å². The highest BCUT2D eigenvalue weighted by atomic mass is 79.9. The summed E-state index contributed by atoms with van der Waals surface area (Å²) < 4.78 is 12.4. The van der Waals surface area contributed by atoms with E-state index in [9.17, 15) is 20.2 Å². The molecular weight excluding hydrogens is 576 g/mol. The highest BCUT2D eigenvalue weighted by molar-refractivity contribution is 9.10. The molecule has 0 aliphatic carbocycles. The first kappa shape index (κ1) is 30.3. The molecule has 208 valence electrons. The van der Waals surface area contributed by atoms with Crippen LogP contribution in [0.1, 0.15) is 38.9 Å². The van der Waals surface area contributed by atoms with Crippen LogP contribution in [-0.2, 0) is 13.2 Å². The molecule has 0 radical (unpaired) electrons. The Balaban J connectivity index is 0.000000220. The van der Waals surface area contributed by atoms with Gasteiger partial charge in [0.15, 0.2) is 0 Å². The van der Waals surface area contributed by atoms with Gasteiger partial charge in [-0.05, 0) is 82.1 Å². The lowest BCUT2D eigenvalue weighted by Gasteiger charge is -2.09. The van der Waals surface area contributed by atoms with E-state index in [1.165, 1.54) is 5.56 Å². The minimum absolute atomic E-state index is 0.154. The average molecular weight is 608 g/mol. The fourth-order valence-electron chi connectivity index (χ4n) is 4.17. The van der Waals surface area contributed by atoms with Crippen LogP contribution in [-0.4, -0.2) is 9.85 Å². The van der Waals surface area contributed by atoms with E-state index in [2.05, 4.69) is 15.9 Å². The van der Waals surface area contributed by atoms with Gasteiger partial charge in [0.1, 0.15) is 24.7 Å². The Bertz CT molecular complexity index is 1340. The van der Waals surface area contributed by atoms with E-state index in [1.807, 2.05) is 55.5 Å². The summed E-state index contributed by atoms with van der Waals surface area (Å²) >= 11 is 3.38. The molecule has 0 atom stereocenters. The number of halogens is 1. The van der Waals surface area contributed by atoms with Crippen LogP contribution in [0.4, 0.5) is 11.4 Å². The molecule has 0 aliphatic rings. The maximum absolute atomic E-state index is 10.9. The van der Waals surface area contributed by atoms with E-state index in [-0.39, 0.29) is 21.2 Å². The molecular formula is C31H31BrN2O6. The van der Waals surface area contributed by atoms with Gasteiger partial charge < -0.3 is 9.47 Å². The second kappa shape index (κ2) is 13.7. The molecule has 0 fully saturated rings. The molecule has 4 aromatic carbocycles. The normalized spacial score (nSPS) is 10.3. The summed E-state index contributed by atoms with van der Waals surface area (Å²) in [6.07, 6.45) is 0. The maximum Gasteiger partial charge on any atom is 0.275 e. The molecule has 0 N–H and O–H groups in total. The minimum atomic E-state index is -0.358. The van der Waals surface area contributed by atoms with E-state index in [0.717, 1.165) is 15.6 Å². The zero-order chi connectivity index (χ0) is 29.4. The van der Waals surface area contributed by atoms with Gasteiger partial charge in [0.2, 0.25) is 0 Å². The van der Waals surface area contributed by atoms with Crippen LogP contribution >= 0.6 is 15.9 Å². The Hall–Kier alpha value is -4.24. The molecule has 0 spiro atoms. The summed E-state index contributed by atoms with van der Waals surface area (Å²) in [6.45, 7) is 9.82. The molecule has 0 amide bonds. The van der Waals surface area contributed by atoms with Crippen LogP contribution in [0.2, 0.25) is 0 Å². The molecule has 8 nitrogen and oxygen atoms in total. The first-order valence-corrected chi connectivity index (χ1v) is 13.3. The quantitative estimate of drug-likeness (QED) is 0.147. The van der Waals surface area contributed by atoms with Gasteiger partial charge in [-0.15, -0.1) is 0 Å². The lowest BCUT2D eigenvalue weighted by atomic mass is 10.1. The Kier molecular flexibility index (Phi) is 10.4. The first-order valence-electron chi connectivity index (χ1n) is 12.5. The Morgan fingerprint density at radius 3 is 1.25 bits per heavy atom. The number of ether oxygens (including phenoxy) is 2. The summed E-state index contributed by atoms with van der Waals surface area (Å²) in [7, 11) is 0. The van der Waals surface area contributed by atoms with Crippen molar-refractivity contribution in [1.82, 2.24) is 0 Å². The molecule has 0 aliphatic heterocycles. The minimum Gasteiger partial charge on any atom is -0.489 e. The molecule has 0 bridgehead atoms. The lowest BCUT2D eigenvalue weighted by Crippen LogP contribution is -1.99. The van der Waals surface area contributed by atoms with Crippen molar-refractivity contribution >= 4 is 27.3 Å². The van der Waals surface area contributed by atoms with Crippen LogP contribution in [0.3, 0.4) is 0 Å². The molecule has 0 aromatic heterocycles. The van der Waals surface area contributed by atoms with Crippen LogP contribution in [0.15, 0.2) is 77.3 Å². The van der Waals surface area contributed by atoms with Crippen molar-refractivity contribution in [2.24, 2.45) is 0 Å². The largest absolute Gasteiger partial charge is 0.489 e. The highest BCUT2D eigenvalue weighted by Gasteiger charge is 2.17. The van der Waals surface area contributed by atoms with Crippen LogP contribution in [0, 0.1) is 54.8 Å². The van der Waals surface area contributed by atoms with Crippen LogP contribution < -0.4 is 9.47 Å². The van der Waals surface area contributed by atoms with Gasteiger partial charge in [0, 0.05) is 26.7 Å². The van der Waals surface area contributed by atoms with Gasteiger partial charge >= 0.3 is 0 Å². The van der Waals surface area contributed by atoms with E-state index in [0.29, 0.717) is 47.0 Å². The smallest absolute Gasteiger partial charge is 0.275 e. The van der Waals surface area contributed by atoms with Crippen molar-refractivity contribution in [2.45, 2.75) is 47.8 Å². The number of rotatable bonds is 8. The van der Waals surface area contributed by atoms with Crippen molar-refractivity contribution in [1.29, 1.82) is 0 Å². The monoisotopic (exact) mass is 606 g/mol. The maximum atomic E-state index is 10.9. The molecule has 0 saturated heterocycles. The molecule has 0 saturated carbocycles. The van der Waals surface area contributed by atoms with Crippen molar-refractivity contribution in [2.75, 3.05) is 0 Å². The number of benzene rings is 4. The standard InChI is InChI=1S/C16H17NO3.C15H14BrNO3/c1-11-4-6-14(7-5-11)10-20-15-8-12(2)16(17(18)19)13(3)9-15;1-10-7-14(8-11(2)15(10)17(18)19)20-9-12-3-5-13(16)6-4-12/h4-9H,10H2,1-3H3;3-8H,9H2,1-2H3. The first-order chi connectivity index (χ1) is 18.9. The summed E-state index contributed by atoms with van der Waals surface area (Å²) in [5.41, 5.74) is 6.10. The Morgan fingerprint density at radius 1 is 0.600 bits per heavy atom. The van der Waals surface area contributed by atoms with Gasteiger partial charge in [0.05, 0.1) is 9.85 Å². The van der Waals surface area contributed by atoms with Crippen molar-refractivity contribution in [3.8, 4) is 11.5 Å². The van der Waals surface area contributed by atoms with Gasteiger partial charge in [-0.25, -0.2) is 0 Å². The SMILES string of the molecule is Cc1cc(OCc2ccc(Br)cc2)cc(C)c1[N+](=O)[O-].Cc1ccc(COc2cc(C)c([N+](=O)[O-])c(C)c2)cc1. The molecule has 0 heterocycles. The van der Waals surface area contributed by atoms with Crippen LogP contribution in [0.5, 0.6) is 11.5 Å². The summed E-state index contributed by atoms with van der Waals surface area (Å²) in [5, 5.41) is 21.9. The van der Waals surface area contributed by atoms with E-state index < -0.39 is 0 Å². The summed E-state index contributed by atoms with van der Waals surface area (Å²) in [6, 6.07) is 22.7. The Labute approximate surface area is 242 Å². The molecule has 4 rings (SSSR count). The summed E-state index contributed by atoms with van der Waals surface area (Å²) in [4.78, 5) is 21.1. The topological polar surface area (TPSA) is 105 Å². The van der Waals surface area contributed by atoms with E-state index in [1.54, 1.807) is 52.0 Å². The molecule has 9 heteroatoms. The third-order valence-electron chi connectivity index (χ3n) is 6.14. The van der Waals surface area contributed by atoms with Crippen molar-refractivity contribution < 1.29 is 19.3 Å². The van der Waals surface area contributed by atoms with E-state index >= 15 is 0 Å². The van der Waals surface area contributed by atoms with Crippen LogP contribution in [0.25, 0.3) is 0 Å². The van der Waals surface area contributed by atoms with Crippen molar-refractivity contribution in [3.05, 3.63) is 136 Å². The zero-order valence-electron chi connectivity index (χ0n) is 23.1. The fraction of sp³-hybridized carbons (Fsp3) is 0.226. The number of aryl methyl sites for hydroxylation is 5. The van der Waals surface area contributed by atoms with E-state index in [4.69, 9.17) is 9.47 Å². The van der Waals surface area contributed by atoms with Gasteiger partial charge in [0.25, 0.3) is 11.4 Å². The predicted molar refractivity (Wildman–Crippen MR) is 159 cm³/mol. The summed E-state index contributed by atoms with van der Waals surface area (Å²) in [5.74, 6) is 1.31. The molecule has 4 aromatic rings. The van der Waals surface area contributed by atoms with Crippen molar-refractivity contribution in [3.63, 3.8) is 0 Å². The molecule has 40 heavy (non-hydrogen) atoms.